The predicted octanol–water partition coefficient (Wildman–Crippen LogP) is 2.91. The summed E-state index contributed by atoms with van der Waals surface area (Å²) in [5.74, 6) is 6.54. The number of hydrogen-bond donors (Lipinski definition) is 4. The number of aliphatic hydroxyl groups is 1. The number of nitrogens with two attached hydrogens (primary N) is 1. The molecule has 3 heterocycles. The molecular weight excluding hydrogens is 513 g/mol. The molecule has 5 N–H and O–H groups in total. The smallest absolute Gasteiger partial charge is 0.390 e. The Morgan fingerprint density at radius 3 is 2.67 bits per heavy atom. The quantitative estimate of drug-likeness (QED) is 0.116. The summed E-state index contributed by atoms with van der Waals surface area (Å²) >= 11 is 5.64. The highest BCUT2D eigenvalue weighted by Gasteiger charge is 2.34. The topological polar surface area (TPSA) is 120 Å². The number of aliphatic imine (C=N–C) groups is 1. The molecule has 9 nitrogen and oxygen atoms in total. The van der Waals surface area contributed by atoms with E-state index in [-0.39, 0.29) is 24.1 Å². The first-order valence-corrected chi connectivity index (χ1v) is 12.9. The second kappa shape index (κ2) is 11.5. The van der Waals surface area contributed by atoms with Crippen LogP contribution in [-0.4, -0.2) is 57.8 Å². The normalized spacial score (nSPS) is 14.5. The molecule has 0 saturated heterocycles. The SMILES string of the molecule is Cc1ccccc1CNC1=[N+]2[B]n3c(N=CC(CO)=NN)ccc3C(c3ccc(NC(=O)CCl)cc3)=C2C=C1. The van der Waals surface area contributed by atoms with Gasteiger partial charge in [0, 0.05) is 23.0 Å². The summed E-state index contributed by atoms with van der Waals surface area (Å²) < 4.78 is 4.07. The summed E-state index contributed by atoms with van der Waals surface area (Å²) in [6, 6.07) is 19.8. The first kappa shape index (κ1) is 26.2. The van der Waals surface area contributed by atoms with Gasteiger partial charge < -0.3 is 20.7 Å². The van der Waals surface area contributed by atoms with Gasteiger partial charge in [0.05, 0.1) is 12.8 Å². The van der Waals surface area contributed by atoms with Gasteiger partial charge in [0.2, 0.25) is 5.91 Å². The largest absolute Gasteiger partial charge is 0.553 e. The molecule has 195 valence electrons. The average Bonchev–Trinajstić information content (AvgIpc) is 3.56. The van der Waals surface area contributed by atoms with E-state index in [2.05, 4.69) is 56.4 Å². The van der Waals surface area contributed by atoms with Gasteiger partial charge in [-0.3, -0.25) is 14.6 Å². The van der Waals surface area contributed by atoms with Gasteiger partial charge in [-0.15, -0.1) is 11.6 Å². The third-order valence-corrected chi connectivity index (χ3v) is 6.77. The van der Waals surface area contributed by atoms with E-state index < -0.39 is 0 Å². The van der Waals surface area contributed by atoms with E-state index in [0.717, 1.165) is 28.4 Å². The number of carbonyl (C=O) groups excluding carboxylic acids is 1. The third-order valence-electron chi connectivity index (χ3n) is 6.53. The number of halogens is 1. The summed E-state index contributed by atoms with van der Waals surface area (Å²) in [6.45, 7) is 2.46. The number of rotatable bonds is 8. The third kappa shape index (κ3) is 5.43. The van der Waals surface area contributed by atoms with Crippen molar-refractivity contribution in [2.24, 2.45) is 15.9 Å². The number of allylic oxidation sites excluding steroid dienone is 1. The Kier molecular flexibility index (Phi) is 7.76. The minimum atomic E-state index is -0.310. The summed E-state index contributed by atoms with van der Waals surface area (Å²) in [5, 5.41) is 19.3. The number of aliphatic hydroxyl groups excluding tert-OH is 1. The lowest BCUT2D eigenvalue weighted by molar-refractivity contribution is -0.315. The number of amides is 1. The van der Waals surface area contributed by atoms with Crippen LogP contribution in [0, 0.1) is 6.92 Å². The first-order valence-electron chi connectivity index (χ1n) is 12.3. The highest BCUT2D eigenvalue weighted by Crippen LogP contribution is 2.36. The Labute approximate surface area is 232 Å². The van der Waals surface area contributed by atoms with Gasteiger partial charge in [-0.05, 0) is 54.0 Å². The van der Waals surface area contributed by atoms with Gasteiger partial charge in [0.1, 0.15) is 29.7 Å². The zero-order chi connectivity index (χ0) is 27.4. The predicted molar refractivity (Wildman–Crippen MR) is 157 cm³/mol. The van der Waals surface area contributed by atoms with Crippen LogP contribution >= 0.6 is 11.6 Å². The molecule has 2 aromatic carbocycles. The van der Waals surface area contributed by atoms with Crippen LogP contribution in [0.3, 0.4) is 0 Å². The number of nitrogens with zero attached hydrogens (tertiary/aromatic N) is 4. The van der Waals surface area contributed by atoms with Crippen LogP contribution in [0.15, 0.2) is 88.6 Å². The molecule has 1 amide bonds. The Hall–Kier alpha value is -4.41. The molecule has 0 bridgehead atoms. The number of amidine groups is 1. The molecule has 3 aromatic rings. The van der Waals surface area contributed by atoms with Crippen LogP contribution < -0.4 is 16.5 Å². The Balaban J connectivity index is 1.56. The van der Waals surface area contributed by atoms with Crippen LogP contribution in [0.25, 0.3) is 5.57 Å². The van der Waals surface area contributed by atoms with Crippen LogP contribution in [-0.2, 0) is 11.3 Å². The Morgan fingerprint density at radius 1 is 1.15 bits per heavy atom. The van der Waals surface area contributed by atoms with Gasteiger partial charge >= 0.3 is 7.55 Å². The number of benzene rings is 2. The van der Waals surface area contributed by atoms with E-state index in [1.807, 2.05) is 60.6 Å². The molecule has 11 heteroatoms. The summed E-state index contributed by atoms with van der Waals surface area (Å²) in [5.41, 5.74) is 7.26. The highest BCUT2D eigenvalue weighted by atomic mass is 35.5. The minimum Gasteiger partial charge on any atom is -0.390 e. The van der Waals surface area contributed by atoms with Crippen molar-refractivity contribution in [2.45, 2.75) is 13.5 Å². The molecule has 0 fully saturated rings. The monoisotopic (exact) mass is 539 g/mol. The number of nitrogens with one attached hydrogen (secondary N) is 2. The Bertz CT molecular complexity index is 1570. The number of aryl methyl sites for hydroxylation is 1. The molecule has 2 aliphatic rings. The lowest BCUT2D eigenvalue weighted by Crippen LogP contribution is -2.36. The second-order valence-electron chi connectivity index (χ2n) is 8.99. The number of hydrogen-bond acceptors (Lipinski definition) is 6. The van der Waals surface area contributed by atoms with Crippen molar-refractivity contribution >= 4 is 59.9 Å². The summed E-state index contributed by atoms with van der Waals surface area (Å²) in [6.07, 6.45) is 5.59. The molecule has 1 aromatic heterocycles. The molecule has 2 aliphatic heterocycles. The molecule has 0 aliphatic carbocycles. The van der Waals surface area contributed by atoms with E-state index in [1.54, 1.807) is 0 Å². The molecular formula is C28H27BClN7O2+. The lowest BCUT2D eigenvalue weighted by Gasteiger charge is -2.21. The maximum atomic E-state index is 11.7. The van der Waals surface area contributed by atoms with Crippen molar-refractivity contribution in [1.82, 2.24) is 9.79 Å². The Morgan fingerprint density at radius 2 is 1.95 bits per heavy atom. The van der Waals surface area contributed by atoms with E-state index in [0.29, 0.717) is 18.1 Å². The number of anilines is 1. The zero-order valence-electron chi connectivity index (χ0n) is 21.3. The minimum absolute atomic E-state index is 0.107. The molecule has 39 heavy (non-hydrogen) atoms. The van der Waals surface area contributed by atoms with Crippen LogP contribution in [0.4, 0.5) is 11.5 Å². The standard InChI is InChI=1S/C28H27BClN7O2/c1-18-4-2-3-5-20(18)15-32-25-12-10-23-28(19-6-8-21(9-7-19)34-27(39)14-30)24-11-13-26(37(24)29-36(23)25)33-16-22(17-38)35-31/h2-13,16,32,38H,14-15,17,31H2,1H3,(H,34,39)/q+1. The van der Waals surface area contributed by atoms with Crippen molar-refractivity contribution in [3.05, 3.63) is 101 Å². The van der Waals surface area contributed by atoms with Crippen molar-refractivity contribution in [3.63, 3.8) is 0 Å². The fourth-order valence-electron chi connectivity index (χ4n) is 4.50. The van der Waals surface area contributed by atoms with Crippen LogP contribution in [0.1, 0.15) is 22.4 Å². The van der Waals surface area contributed by atoms with E-state index in [1.165, 1.54) is 17.3 Å². The van der Waals surface area contributed by atoms with Crippen molar-refractivity contribution < 1.29 is 14.4 Å². The van der Waals surface area contributed by atoms with Gasteiger partial charge in [-0.25, -0.2) is 4.99 Å². The molecule has 1 radical (unpaired) electrons. The van der Waals surface area contributed by atoms with Crippen molar-refractivity contribution in [2.75, 3.05) is 17.8 Å². The average molecular weight is 540 g/mol. The number of fused-ring (bicyclic) bond motifs is 2. The van der Waals surface area contributed by atoms with Crippen LogP contribution in [0.2, 0.25) is 0 Å². The number of carbonyl (C=O) groups is 1. The summed E-state index contributed by atoms with van der Waals surface area (Å²) in [7, 11) is 1.98. The maximum Gasteiger partial charge on any atom is 0.553 e. The number of alkyl halides is 1. The first-order chi connectivity index (χ1) is 19.0. The fourth-order valence-corrected chi connectivity index (χ4v) is 4.56. The molecule has 0 spiro atoms. The lowest BCUT2D eigenvalue weighted by atomic mass is 9.92. The highest BCUT2D eigenvalue weighted by molar-refractivity contribution is 6.33. The van der Waals surface area contributed by atoms with Crippen LogP contribution in [0.5, 0.6) is 0 Å². The van der Waals surface area contributed by atoms with E-state index in [4.69, 9.17) is 17.4 Å². The summed E-state index contributed by atoms with van der Waals surface area (Å²) in [4.78, 5) is 16.3. The molecule has 5 rings (SSSR count). The molecule has 0 unspecified atom stereocenters. The van der Waals surface area contributed by atoms with Gasteiger partial charge in [0.25, 0.3) is 5.84 Å². The second-order valence-corrected chi connectivity index (χ2v) is 9.25. The number of hydrazone groups is 1. The maximum absolute atomic E-state index is 11.7. The van der Waals surface area contributed by atoms with Gasteiger partial charge in [-0.2, -0.15) is 5.10 Å². The zero-order valence-corrected chi connectivity index (χ0v) is 22.1. The van der Waals surface area contributed by atoms with E-state index >= 15 is 0 Å². The fraction of sp³-hybridized carbons (Fsp3) is 0.143. The number of aromatic nitrogens is 1. The van der Waals surface area contributed by atoms with Gasteiger partial charge in [0.15, 0.2) is 0 Å². The van der Waals surface area contributed by atoms with Gasteiger partial charge in [-0.1, -0.05) is 36.4 Å². The molecule has 0 saturated carbocycles. The van der Waals surface area contributed by atoms with E-state index in [9.17, 15) is 9.90 Å². The van der Waals surface area contributed by atoms with Crippen molar-refractivity contribution in [3.8, 4) is 0 Å². The van der Waals surface area contributed by atoms with Crippen molar-refractivity contribution in [1.29, 1.82) is 0 Å². The molecule has 0 atom stereocenters.